The minimum Gasteiger partial charge on any atom is -0.358 e. The minimum atomic E-state index is -0.192. The van der Waals surface area contributed by atoms with E-state index in [2.05, 4.69) is 10.6 Å². The molecule has 1 atom stereocenters. The Morgan fingerprint density at radius 1 is 1.46 bits per heavy atom. The first-order valence-corrected chi connectivity index (χ1v) is 4.68. The number of rotatable bonds is 1. The number of nitrogens with one attached hydrogen (secondary N) is 2. The third kappa shape index (κ3) is 4.12. The molecule has 76 valence electrons. The Bertz CT molecular complexity index is 181. The van der Waals surface area contributed by atoms with E-state index in [1.807, 2.05) is 20.8 Å². The van der Waals surface area contributed by atoms with Crippen molar-refractivity contribution < 1.29 is 9.53 Å². The highest BCUT2D eigenvalue weighted by Gasteiger charge is 2.20. The molecule has 0 aliphatic carbocycles. The Morgan fingerprint density at radius 2 is 2.15 bits per heavy atom. The van der Waals surface area contributed by atoms with Crippen LogP contribution in [0.15, 0.2) is 0 Å². The van der Waals surface area contributed by atoms with E-state index in [1.54, 1.807) is 0 Å². The molecule has 0 saturated carbocycles. The molecular formula is C9H18N2O2. The highest BCUT2D eigenvalue weighted by molar-refractivity contribution is 5.74. The van der Waals surface area contributed by atoms with Crippen LogP contribution in [-0.4, -0.2) is 24.4 Å². The van der Waals surface area contributed by atoms with Crippen LogP contribution in [0.4, 0.5) is 4.79 Å². The Hall–Kier alpha value is -0.770. The van der Waals surface area contributed by atoms with Crippen molar-refractivity contribution in [3.05, 3.63) is 0 Å². The van der Waals surface area contributed by atoms with Crippen molar-refractivity contribution >= 4 is 6.03 Å². The molecule has 1 aliphatic rings. The molecule has 0 bridgehead atoms. The number of hydrogen-bond donors (Lipinski definition) is 2. The summed E-state index contributed by atoms with van der Waals surface area (Å²) >= 11 is 0. The topological polar surface area (TPSA) is 50.4 Å². The van der Waals surface area contributed by atoms with Crippen LogP contribution in [0.1, 0.15) is 33.6 Å². The third-order valence-electron chi connectivity index (χ3n) is 1.71. The second-order valence-corrected chi connectivity index (χ2v) is 4.35. The van der Waals surface area contributed by atoms with E-state index in [4.69, 9.17) is 4.74 Å². The van der Waals surface area contributed by atoms with Crippen LogP contribution in [0.25, 0.3) is 0 Å². The van der Waals surface area contributed by atoms with Crippen LogP contribution >= 0.6 is 0 Å². The number of amides is 2. The Morgan fingerprint density at radius 3 is 2.62 bits per heavy atom. The maximum atomic E-state index is 11.3. The van der Waals surface area contributed by atoms with Crippen LogP contribution in [0.5, 0.6) is 0 Å². The lowest BCUT2D eigenvalue weighted by atomic mass is 10.1. The second-order valence-electron chi connectivity index (χ2n) is 4.35. The van der Waals surface area contributed by atoms with Gasteiger partial charge in [0, 0.05) is 12.1 Å². The normalized spacial score (nSPS) is 22.8. The maximum Gasteiger partial charge on any atom is 0.317 e. The van der Waals surface area contributed by atoms with Crippen molar-refractivity contribution in [2.24, 2.45) is 0 Å². The number of hydrogen-bond acceptors (Lipinski definition) is 2. The molecule has 1 heterocycles. The van der Waals surface area contributed by atoms with E-state index in [-0.39, 0.29) is 17.8 Å². The first kappa shape index (κ1) is 10.3. The van der Waals surface area contributed by atoms with Gasteiger partial charge in [-0.1, -0.05) is 0 Å². The summed E-state index contributed by atoms with van der Waals surface area (Å²) in [5.41, 5.74) is -0.192. The van der Waals surface area contributed by atoms with Crippen LogP contribution in [-0.2, 0) is 4.74 Å². The average Bonchev–Trinajstić information content (AvgIpc) is 2.34. The van der Waals surface area contributed by atoms with Gasteiger partial charge in [0.05, 0.1) is 0 Å². The molecule has 1 fully saturated rings. The summed E-state index contributed by atoms with van der Waals surface area (Å²) in [5.74, 6) is 0. The summed E-state index contributed by atoms with van der Waals surface area (Å²) in [5, 5.41) is 5.58. The number of ether oxygens (including phenoxy) is 1. The Labute approximate surface area is 79.0 Å². The molecule has 1 rings (SSSR count). The summed E-state index contributed by atoms with van der Waals surface area (Å²) in [7, 11) is 0. The van der Waals surface area contributed by atoms with Crippen molar-refractivity contribution in [2.75, 3.05) is 6.61 Å². The van der Waals surface area contributed by atoms with Crippen molar-refractivity contribution in [2.45, 2.75) is 45.4 Å². The number of urea groups is 1. The predicted molar refractivity (Wildman–Crippen MR) is 50.4 cm³/mol. The Balaban J connectivity index is 2.24. The highest BCUT2D eigenvalue weighted by Crippen LogP contribution is 2.08. The predicted octanol–water partition coefficient (Wildman–Crippen LogP) is 1.22. The molecule has 0 aromatic rings. The van der Waals surface area contributed by atoms with Gasteiger partial charge in [0.15, 0.2) is 0 Å². The van der Waals surface area contributed by atoms with Gasteiger partial charge in [-0.15, -0.1) is 0 Å². The molecule has 2 amide bonds. The summed E-state index contributed by atoms with van der Waals surface area (Å²) in [6.45, 7) is 6.59. The van der Waals surface area contributed by atoms with Crippen LogP contribution in [0.2, 0.25) is 0 Å². The third-order valence-corrected chi connectivity index (χ3v) is 1.71. The van der Waals surface area contributed by atoms with E-state index in [0.29, 0.717) is 0 Å². The first-order valence-electron chi connectivity index (χ1n) is 4.68. The molecule has 0 aromatic carbocycles. The molecule has 1 aliphatic heterocycles. The van der Waals surface area contributed by atoms with E-state index in [0.717, 1.165) is 19.4 Å². The number of carbonyl (C=O) groups excluding carboxylic acids is 1. The van der Waals surface area contributed by atoms with E-state index in [1.165, 1.54) is 0 Å². The summed E-state index contributed by atoms with van der Waals surface area (Å²) in [6, 6.07) is -0.153. The van der Waals surface area contributed by atoms with Gasteiger partial charge in [0.2, 0.25) is 0 Å². The average molecular weight is 186 g/mol. The fourth-order valence-electron chi connectivity index (χ4n) is 1.21. The molecule has 1 saturated heterocycles. The smallest absolute Gasteiger partial charge is 0.317 e. The van der Waals surface area contributed by atoms with Gasteiger partial charge >= 0.3 is 6.03 Å². The van der Waals surface area contributed by atoms with Crippen molar-refractivity contribution in [1.29, 1.82) is 0 Å². The zero-order valence-corrected chi connectivity index (χ0v) is 8.52. The molecule has 1 unspecified atom stereocenters. The molecule has 4 nitrogen and oxygen atoms in total. The van der Waals surface area contributed by atoms with Crippen molar-refractivity contribution in [3.8, 4) is 0 Å². The van der Waals surface area contributed by atoms with Crippen molar-refractivity contribution in [3.63, 3.8) is 0 Å². The van der Waals surface area contributed by atoms with Crippen LogP contribution < -0.4 is 10.6 Å². The zero-order valence-electron chi connectivity index (χ0n) is 8.52. The second kappa shape index (κ2) is 3.96. The molecule has 4 heteroatoms. The van der Waals surface area contributed by atoms with Gasteiger partial charge in [-0.2, -0.15) is 0 Å². The largest absolute Gasteiger partial charge is 0.358 e. The monoisotopic (exact) mass is 186 g/mol. The standard InChI is InChI=1S/C9H18N2O2/c1-9(2,3)11-8(12)10-7-5-4-6-13-7/h7H,4-6H2,1-3H3,(H2,10,11,12). The van der Waals surface area contributed by atoms with Gasteiger partial charge in [-0.05, 0) is 33.6 Å². The lowest BCUT2D eigenvalue weighted by molar-refractivity contribution is 0.0897. The zero-order chi connectivity index (χ0) is 9.90. The summed E-state index contributed by atoms with van der Waals surface area (Å²) in [6.07, 6.45) is 1.85. The van der Waals surface area contributed by atoms with E-state index >= 15 is 0 Å². The maximum absolute atomic E-state index is 11.3. The van der Waals surface area contributed by atoms with Crippen LogP contribution in [0, 0.1) is 0 Å². The SMILES string of the molecule is CC(C)(C)NC(=O)NC1CCCO1. The molecule has 0 spiro atoms. The summed E-state index contributed by atoms with van der Waals surface area (Å²) < 4.78 is 5.27. The molecule has 2 N–H and O–H groups in total. The quantitative estimate of drug-likeness (QED) is 0.647. The summed E-state index contributed by atoms with van der Waals surface area (Å²) in [4.78, 5) is 11.3. The van der Waals surface area contributed by atoms with Crippen molar-refractivity contribution in [1.82, 2.24) is 10.6 Å². The fourth-order valence-corrected chi connectivity index (χ4v) is 1.21. The molecule has 0 aromatic heterocycles. The van der Waals surface area contributed by atoms with Crippen LogP contribution in [0.3, 0.4) is 0 Å². The van der Waals surface area contributed by atoms with Gasteiger partial charge in [-0.25, -0.2) is 4.79 Å². The minimum absolute atomic E-state index is 0.0950. The molecular weight excluding hydrogens is 168 g/mol. The lowest BCUT2D eigenvalue weighted by Crippen LogP contribution is -2.49. The Kier molecular flexibility index (Phi) is 3.14. The van der Waals surface area contributed by atoms with Gasteiger partial charge in [-0.3, -0.25) is 0 Å². The number of carbonyl (C=O) groups is 1. The van der Waals surface area contributed by atoms with E-state index in [9.17, 15) is 4.79 Å². The van der Waals surface area contributed by atoms with Gasteiger partial charge < -0.3 is 15.4 Å². The van der Waals surface area contributed by atoms with E-state index < -0.39 is 0 Å². The van der Waals surface area contributed by atoms with Gasteiger partial charge in [0.25, 0.3) is 0 Å². The lowest BCUT2D eigenvalue weighted by Gasteiger charge is -2.22. The van der Waals surface area contributed by atoms with Gasteiger partial charge in [0.1, 0.15) is 6.23 Å². The molecule has 0 radical (unpaired) electrons. The molecule has 13 heavy (non-hydrogen) atoms. The highest BCUT2D eigenvalue weighted by atomic mass is 16.5. The fraction of sp³-hybridized carbons (Fsp3) is 0.889. The first-order chi connectivity index (χ1) is 5.97.